The lowest BCUT2D eigenvalue weighted by atomic mass is 10.0. The van der Waals surface area contributed by atoms with Crippen LogP contribution in [0.15, 0.2) is 65.6 Å². The Morgan fingerprint density at radius 2 is 1.73 bits per heavy atom. The molecule has 0 fully saturated rings. The normalized spacial score (nSPS) is 10.9. The van der Waals surface area contributed by atoms with Crippen LogP contribution in [0.25, 0.3) is 11.1 Å². The molecule has 0 aliphatic carbocycles. The molecule has 26 heavy (non-hydrogen) atoms. The van der Waals surface area contributed by atoms with Gasteiger partial charge in [0.2, 0.25) is 0 Å². The SMILES string of the molecule is Cn1ncc(-c2cccc(C(F)(F)F)c2)c(C#Cc2ccccc2)c1=O. The van der Waals surface area contributed by atoms with Gasteiger partial charge in [-0.05, 0) is 29.8 Å². The summed E-state index contributed by atoms with van der Waals surface area (Å²) in [6, 6.07) is 13.8. The summed E-state index contributed by atoms with van der Waals surface area (Å²) in [6.45, 7) is 0. The molecule has 0 aliphatic heterocycles. The van der Waals surface area contributed by atoms with E-state index in [1.165, 1.54) is 25.4 Å². The van der Waals surface area contributed by atoms with Gasteiger partial charge in [-0.25, -0.2) is 4.68 Å². The number of nitrogens with zero attached hydrogens (tertiary/aromatic N) is 2. The first-order valence-electron chi connectivity index (χ1n) is 7.67. The lowest BCUT2D eigenvalue weighted by molar-refractivity contribution is -0.137. The Morgan fingerprint density at radius 1 is 1.00 bits per heavy atom. The highest BCUT2D eigenvalue weighted by Gasteiger charge is 2.30. The van der Waals surface area contributed by atoms with Gasteiger partial charge in [0, 0.05) is 18.2 Å². The maximum absolute atomic E-state index is 13.0. The van der Waals surface area contributed by atoms with Crippen LogP contribution >= 0.6 is 0 Å². The number of benzene rings is 2. The van der Waals surface area contributed by atoms with Gasteiger partial charge >= 0.3 is 6.18 Å². The van der Waals surface area contributed by atoms with E-state index in [1.54, 1.807) is 12.1 Å². The highest BCUT2D eigenvalue weighted by molar-refractivity contribution is 5.70. The van der Waals surface area contributed by atoms with Gasteiger partial charge in [0.1, 0.15) is 5.56 Å². The van der Waals surface area contributed by atoms with Gasteiger partial charge in [-0.3, -0.25) is 4.79 Å². The van der Waals surface area contributed by atoms with Crippen LogP contribution in [0.2, 0.25) is 0 Å². The maximum atomic E-state index is 13.0. The Hall–Kier alpha value is -3.33. The molecule has 0 saturated carbocycles. The Balaban J connectivity index is 2.17. The molecule has 0 aliphatic rings. The number of hydrogen-bond acceptors (Lipinski definition) is 2. The van der Waals surface area contributed by atoms with E-state index in [-0.39, 0.29) is 16.7 Å². The highest BCUT2D eigenvalue weighted by Crippen LogP contribution is 2.32. The Bertz CT molecular complexity index is 1060. The van der Waals surface area contributed by atoms with Crippen molar-refractivity contribution in [2.24, 2.45) is 7.05 Å². The van der Waals surface area contributed by atoms with E-state index in [0.717, 1.165) is 16.8 Å². The summed E-state index contributed by atoms with van der Waals surface area (Å²) in [5, 5.41) is 3.92. The molecule has 0 amide bonds. The minimum absolute atomic E-state index is 0.102. The molecule has 1 aromatic heterocycles. The number of halogens is 3. The van der Waals surface area contributed by atoms with Crippen LogP contribution < -0.4 is 5.56 Å². The van der Waals surface area contributed by atoms with E-state index < -0.39 is 17.3 Å². The molecule has 0 bridgehead atoms. The number of alkyl halides is 3. The summed E-state index contributed by atoms with van der Waals surface area (Å²) in [5.41, 5.74) is 0.0399. The average molecular weight is 354 g/mol. The molecule has 1 heterocycles. The predicted octanol–water partition coefficient (Wildman–Crippen LogP) is 3.87. The van der Waals surface area contributed by atoms with E-state index in [4.69, 9.17) is 0 Å². The van der Waals surface area contributed by atoms with Crippen LogP contribution in [-0.4, -0.2) is 9.78 Å². The molecule has 0 saturated heterocycles. The number of aryl methyl sites for hydroxylation is 1. The minimum atomic E-state index is -4.47. The van der Waals surface area contributed by atoms with Crippen molar-refractivity contribution in [2.45, 2.75) is 6.18 Å². The first kappa shape index (κ1) is 17.5. The first-order valence-corrected chi connectivity index (χ1v) is 7.67. The highest BCUT2D eigenvalue weighted by atomic mass is 19.4. The number of hydrogen-bond donors (Lipinski definition) is 0. The lowest BCUT2D eigenvalue weighted by Gasteiger charge is -2.10. The molecule has 3 rings (SSSR count). The molecule has 2 aromatic carbocycles. The van der Waals surface area contributed by atoms with Gasteiger partial charge in [0.15, 0.2) is 0 Å². The molecule has 0 radical (unpaired) electrons. The molecule has 0 unspecified atom stereocenters. The molecule has 3 aromatic rings. The van der Waals surface area contributed by atoms with E-state index in [9.17, 15) is 18.0 Å². The number of aromatic nitrogens is 2. The fraction of sp³-hybridized carbons (Fsp3) is 0.100. The second kappa shape index (κ2) is 6.89. The van der Waals surface area contributed by atoms with Gasteiger partial charge in [0.05, 0.1) is 11.8 Å². The Morgan fingerprint density at radius 3 is 2.42 bits per heavy atom. The van der Waals surface area contributed by atoms with Gasteiger partial charge in [-0.15, -0.1) is 0 Å². The number of rotatable bonds is 1. The molecule has 130 valence electrons. The second-order valence-corrected chi connectivity index (χ2v) is 5.56. The van der Waals surface area contributed by atoms with Gasteiger partial charge in [-0.1, -0.05) is 42.2 Å². The summed E-state index contributed by atoms with van der Waals surface area (Å²) in [7, 11) is 1.46. The Kier molecular flexibility index (Phi) is 4.63. The van der Waals surface area contributed by atoms with Gasteiger partial charge in [0.25, 0.3) is 5.56 Å². The standard InChI is InChI=1S/C20H13F3N2O/c1-25-19(26)17(11-10-14-6-3-2-4-7-14)18(13-24-25)15-8-5-9-16(12-15)20(21,22)23/h2-9,12-13H,1H3. The van der Waals surface area contributed by atoms with Crippen molar-refractivity contribution in [3.8, 4) is 23.0 Å². The van der Waals surface area contributed by atoms with Crippen LogP contribution in [0.3, 0.4) is 0 Å². The topological polar surface area (TPSA) is 34.9 Å². The fourth-order valence-electron chi connectivity index (χ4n) is 2.40. The molecule has 0 N–H and O–H groups in total. The first-order chi connectivity index (χ1) is 12.4. The van der Waals surface area contributed by atoms with E-state index in [2.05, 4.69) is 16.9 Å². The van der Waals surface area contributed by atoms with Crippen molar-refractivity contribution in [3.63, 3.8) is 0 Å². The molecule has 0 spiro atoms. The van der Waals surface area contributed by atoms with Crippen molar-refractivity contribution < 1.29 is 13.2 Å². The van der Waals surface area contributed by atoms with Gasteiger partial charge < -0.3 is 0 Å². The van der Waals surface area contributed by atoms with Crippen molar-refractivity contribution in [1.82, 2.24) is 9.78 Å². The third-order valence-corrected chi connectivity index (χ3v) is 3.74. The molecule has 6 heteroatoms. The molecule has 3 nitrogen and oxygen atoms in total. The van der Waals surface area contributed by atoms with Crippen molar-refractivity contribution >= 4 is 0 Å². The largest absolute Gasteiger partial charge is 0.416 e. The summed E-state index contributed by atoms with van der Waals surface area (Å²) in [4.78, 5) is 12.4. The Labute approximate surface area is 147 Å². The van der Waals surface area contributed by atoms with Crippen LogP contribution in [0.4, 0.5) is 13.2 Å². The molecular formula is C20H13F3N2O. The van der Waals surface area contributed by atoms with E-state index in [0.29, 0.717) is 5.56 Å². The smallest absolute Gasteiger partial charge is 0.266 e. The minimum Gasteiger partial charge on any atom is -0.266 e. The summed E-state index contributed by atoms with van der Waals surface area (Å²) in [5.74, 6) is 5.66. The summed E-state index contributed by atoms with van der Waals surface area (Å²) in [6.07, 6.45) is -3.12. The van der Waals surface area contributed by atoms with Crippen LogP contribution in [0.1, 0.15) is 16.7 Å². The van der Waals surface area contributed by atoms with E-state index >= 15 is 0 Å². The fourth-order valence-corrected chi connectivity index (χ4v) is 2.40. The van der Waals surface area contributed by atoms with Gasteiger partial charge in [-0.2, -0.15) is 18.3 Å². The average Bonchev–Trinajstić information content (AvgIpc) is 2.63. The zero-order chi connectivity index (χ0) is 18.7. The van der Waals surface area contributed by atoms with Crippen LogP contribution in [-0.2, 0) is 13.2 Å². The van der Waals surface area contributed by atoms with Crippen molar-refractivity contribution in [1.29, 1.82) is 0 Å². The van der Waals surface area contributed by atoms with Crippen molar-refractivity contribution in [3.05, 3.63) is 87.8 Å². The third-order valence-electron chi connectivity index (χ3n) is 3.74. The molecular weight excluding hydrogens is 341 g/mol. The lowest BCUT2D eigenvalue weighted by Crippen LogP contribution is -2.22. The monoisotopic (exact) mass is 354 g/mol. The van der Waals surface area contributed by atoms with E-state index in [1.807, 2.05) is 18.2 Å². The zero-order valence-corrected chi connectivity index (χ0v) is 13.7. The third kappa shape index (κ3) is 3.67. The zero-order valence-electron chi connectivity index (χ0n) is 13.7. The molecule has 0 atom stereocenters. The predicted molar refractivity (Wildman–Crippen MR) is 92.3 cm³/mol. The quantitative estimate of drug-likeness (QED) is 0.622. The summed E-state index contributed by atoms with van der Waals surface area (Å²) >= 11 is 0. The maximum Gasteiger partial charge on any atom is 0.416 e. The van der Waals surface area contributed by atoms with Crippen molar-refractivity contribution in [2.75, 3.05) is 0 Å². The summed E-state index contributed by atoms with van der Waals surface area (Å²) < 4.78 is 40.1. The van der Waals surface area contributed by atoms with Crippen LogP contribution in [0.5, 0.6) is 0 Å². The second-order valence-electron chi connectivity index (χ2n) is 5.56. The van der Waals surface area contributed by atoms with Crippen LogP contribution in [0, 0.1) is 11.8 Å².